The molecule has 0 fully saturated rings. The molecule has 0 radical (unpaired) electrons. The number of likely N-dealkylation sites (N-methyl/N-ethyl adjacent to an activating group) is 1. The second kappa shape index (κ2) is 38.9. The quantitative estimate of drug-likeness (QED) is 0.0198. The molecule has 57 heavy (non-hydrogen) atoms. The zero-order chi connectivity index (χ0) is 42.1. The number of esters is 2. The first-order valence-corrected chi connectivity index (χ1v) is 23.7. The highest BCUT2D eigenvalue weighted by Gasteiger charge is 2.21. The molecule has 0 aromatic carbocycles. The molecule has 0 rings (SSSR count). The predicted molar refractivity (Wildman–Crippen MR) is 236 cm³/mol. The van der Waals surface area contributed by atoms with Crippen LogP contribution in [0.25, 0.3) is 0 Å². The summed E-state index contributed by atoms with van der Waals surface area (Å²) in [5, 5.41) is 0. The second-order valence-electron chi connectivity index (χ2n) is 15.8. The van der Waals surface area contributed by atoms with Gasteiger partial charge in [-0.3, -0.25) is 14.2 Å². The number of quaternary nitrogens is 1. The van der Waals surface area contributed by atoms with Crippen molar-refractivity contribution in [2.75, 3.05) is 47.5 Å². The number of phosphoric ester groups is 1. The van der Waals surface area contributed by atoms with Gasteiger partial charge in [-0.25, -0.2) is 0 Å². The molecule has 0 aliphatic heterocycles. The van der Waals surface area contributed by atoms with Crippen molar-refractivity contribution >= 4 is 19.8 Å². The van der Waals surface area contributed by atoms with Crippen LogP contribution in [0.1, 0.15) is 162 Å². The van der Waals surface area contributed by atoms with Crippen molar-refractivity contribution in [3.8, 4) is 0 Å². The Hall–Kier alpha value is -2.55. The van der Waals surface area contributed by atoms with Gasteiger partial charge in [-0.15, -0.1) is 0 Å². The monoisotopic (exact) mass is 820 g/mol. The normalized spacial score (nSPS) is 14.3. The fourth-order valence-electron chi connectivity index (χ4n) is 5.60. The summed E-state index contributed by atoms with van der Waals surface area (Å²) in [5.41, 5.74) is 0. The number of phosphoric acid groups is 1. The summed E-state index contributed by atoms with van der Waals surface area (Å²) in [6.07, 6.45) is 47.9. The van der Waals surface area contributed by atoms with Crippen LogP contribution in [0.3, 0.4) is 0 Å². The van der Waals surface area contributed by atoms with Crippen molar-refractivity contribution < 1.29 is 42.1 Å². The molecule has 0 spiro atoms. The van der Waals surface area contributed by atoms with E-state index >= 15 is 0 Å². The van der Waals surface area contributed by atoms with Gasteiger partial charge in [-0.2, -0.15) is 0 Å². The lowest BCUT2D eigenvalue weighted by molar-refractivity contribution is -0.870. The number of unbranched alkanes of at least 4 members (excludes halogenated alkanes) is 17. The molecule has 0 heterocycles. The summed E-state index contributed by atoms with van der Waals surface area (Å²) < 4.78 is 33.8. The molecule has 0 aromatic heterocycles. The van der Waals surface area contributed by atoms with Gasteiger partial charge >= 0.3 is 11.9 Å². The van der Waals surface area contributed by atoms with E-state index in [-0.39, 0.29) is 26.1 Å². The van der Waals surface area contributed by atoms with Gasteiger partial charge in [0.25, 0.3) is 7.82 Å². The van der Waals surface area contributed by atoms with E-state index in [1.54, 1.807) is 0 Å². The van der Waals surface area contributed by atoms with Crippen molar-refractivity contribution in [2.24, 2.45) is 0 Å². The number of carbonyl (C=O) groups is 2. The molecule has 0 saturated carbocycles. The molecule has 2 unspecified atom stereocenters. The Balaban J connectivity index is 4.36. The topological polar surface area (TPSA) is 111 Å². The first kappa shape index (κ1) is 54.5. The number of ether oxygens (including phenoxy) is 2. The van der Waals surface area contributed by atoms with Crippen molar-refractivity contribution in [3.05, 3.63) is 72.9 Å². The maximum Gasteiger partial charge on any atom is 0.306 e. The Morgan fingerprint density at radius 3 is 1.53 bits per heavy atom. The summed E-state index contributed by atoms with van der Waals surface area (Å²) in [4.78, 5) is 37.5. The van der Waals surface area contributed by atoms with Crippen LogP contribution in [0, 0.1) is 0 Å². The maximum atomic E-state index is 12.6. The van der Waals surface area contributed by atoms with E-state index in [2.05, 4.69) is 50.3 Å². The van der Waals surface area contributed by atoms with Crippen molar-refractivity contribution in [1.82, 2.24) is 0 Å². The number of hydrogen-bond donors (Lipinski definition) is 0. The zero-order valence-electron chi connectivity index (χ0n) is 36.8. The van der Waals surface area contributed by atoms with Crippen LogP contribution < -0.4 is 4.89 Å². The molecule has 9 nitrogen and oxygen atoms in total. The third-order valence-corrected chi connectivity index (χ3v) is 10.0. The molecular formula is C47H82NO8P. The number of rotatable bonds is 39. The van der Waals surface area contributed by atoms with Crippen LogP contribution in [0.15, 0.2) is 72.9 Å². The summed E-state index contributed by atoms with van der Waals surface area (Å²) in [6, 6.07) is 0. The Bertz CT molecular complexity index is 1200. The van der Waals surface area contributed by atoms with Crippen molar-refractivity contribution in [3.63, 3.8) is 0 Å². The highest BCUT2D eigenvalue weighted by molar-refractivity contribution is 7.45. The van der Waals surface area contributed by atoms with Gasteiger partial charge in [0.1, 0.15) is 19.8 Å². The van der Waals surface area contributed by atoms with Crippen LogP contribution >= 0.6 is 7.82 Å². The third-order valence-electron chi connectivity index (χ3n) is 9.08. The number of hydrogen-bond acceptors (Lipinski definition) is 8. The predicted octanol–water partition coefficient (Wildman–Crippen LogP) is 12.0. The highest BCUT2D eigenvalue weighted by atomic mass is 31.2. The lowest BCUT2D eigenvalue weighted by atomic mass is 10.1. The average molecular weight is 820 g/mol. The van der Waals surface area contributed by atoms with E-state index in [0.29, 0.717) is 17.4 Å². The molecule has 0 saturated heterocycles. The number of nitrogens with zero attached hydrogens (tertiary/aromatic N) is 1. The summed E-state index contributed by atoms with van der Waals surface area (Å²) in [7, 11) is 1.12. The molecule has 0 aromatic rings. The third kappa shape index (κ3) is 42.9. The van der Waals surface area contributed by atoms with E-state index in [9.17, 15) is 19.0 Å². The second-order valence-corrected chi connectivity index (χ2v) is 17.2. The Morgan fingerprint density at radius 2 is 1.00 bits per heavy atom. The van der Waals surface area contributed by atoms with Gasteiger partial charge in [-0.05, 0) is 57.8 Å². The van der Waals surface area contributed by atoms with Gasteiger partial charge < -0.3 is 27.9 Å². The molecule has 0 aliphatic carbocycles. The Morgan fingerprint density at radius 1 is 0.561 bits per heavy atom. The van der Waals surface area contributed by atoms with Gasteiger partial charge in [0.2, 0.25) is 0 Å². The molecule has 2 atom stereocenters. The number of allylic oxidation sites excluding steroid dienone is 12. The minimum atomic E-state index is -4.64. The van der Waals surface area contributed by atoms with Crippen LogP contribution in [0.4, 0.5) is 0 Å². The maximum absolute atomic E-state index is 12.6. The molecule has 0 amide bonds. The van der Waals surface area contributed by atoms with Gasteiger partial charge in [-0.1, -0.05) is 164 Å². The van der Waals surface area contributed by atoms with Crippen molar-refractivity contribution in [2.45, 2.75) is 168 Å². The molecule has 0 N–H and O–H groups in total. The van der Waals surface area contributed by atoms with E-state index < -0.39 is 32.5 Å². The van der Waals surface area contributed by atoms with E-state index in [0.717, 1.165) is 57.8 Å². The largest absolute Gasteiger partial charge is 0.756 e. The molecular weight excluding hydrogens is 737 g/mol. The summed E-state index contributed by atoms with van der Waals surface area (Å²) >= 11 is 0. The van der Waals surface area contributed by atoms with Gasteiger partial charge in [0.05, 0.1) is 27.7 Å². The summed E-state index contributed by atoms with van der Waals surface area (Å²) in [6.45, 7) is 4.00. The van der Waals surface area contributed by atoms with Crippen LogP contribution in [0.5, 0.6) is 0 Å². The minimum Gasteiger partial charge on any atom is -0.756 e. The lowest BCUT2D eigenvalue weighted by Crippen LogP contribution is -2.37. The fourth-order valence-corrected chi connectivity index (χ4v) is 6.32. The Labute approximate surface area is 348 Å². The lowest BCUT2D eigenvalue weighted by Gasteiger charge is -2.28. The SMILES string of the molecule is CC/C=C/C=C/C=C/C=C/CCCCCC(=O)OC(COC(=O)CCCCCCCCCCCC/C=C/C=C/CCCCCC)COP(=O)([O-])OCC[N+](C)(C)C. The van der Waals surface area contributed by atoms with E-state index in [4.69, 9.17) is 18.5 Å². The highest BCUT2D eigenvalue weighted by Crippen LogP contribution is 2.38. The smallest absolute Gasteiger partial charge is 0.306 e. The molecule has 0 bridgehead atoms. The molecule has 0 aliphatic rings. The van der Waals surface area contributed by atoms with Crippen LogP contribution in [-0.4, -0.2) is 70.0 Å². The minimum absolute atomic E-state index is 0.0430. The first-order chi connectivity index (χ1) is 27.5. The van der Waals surface area contributed by atoms with Gasteiger partial charge in [0.15, 0.2) is 6.10 Å². The van der Waals surface area contributed by atoms with Crippen LogP contribution in [-0.2, 0) is 32.7 Å². The fraction of sp³-hybridized carbons (Fsp3) is 0.702. The summed E-state index contributed by atoms with van der Waals surface area (Å²) in [5.74, 6) is -0.890. The average Bonchev–Trinajstić information content (AvgIpc) is 3.16. The van der Waals surface area contributed by atoms with E-state index in [1.165, 1.54) is 70.6 Å². The van der Waals surface area contributed by atoms with Crippen LogP contribution in [0.2, 0.25) is 0 Å². The first-order valence-electron chi connectivity index (χ1n) is 22.2. The standard InChI is InChI=1S/C47H82NO8P/c1-6-8-10-12-14-16-18-20-21-22-23-24-25-26-28-29-31-33-35-37-39-46(49)53-43-45(44-55-57(51,52)54-42-41-48(3,4)5)56-47(50)40-38-36-34-32-30-27-19-17-15-13-11-9-7-2/h9,11,13,15-21,27,30,45H,6-8,10,12,14,22-26,28-29,31-44H2,1-5H3/b11-9+,15-13+,18-16+,19-17+,21-20+,30-27+. The van der Waals surface area contributed by atoms with Crippen molar-refractivity contribution in [1.29, 1.82) is 0 Å². The zero-order valence-corrected chi connectivity index (χ0v) is 37.7. The van der Waals surface area contributed by atoms with E-state index in [1.807, 2.05) is 57.6 Å². The Kier molecular flexibility index (Phi) is 37.2. The molecule has 328 valence electrons. The molecule has 10 heteroatoms. The van der Waals surface area contributed by atoms with Gasteiger partial charge in [0, 0.05) is 12.8 Å². The number of carbonyl (C=O) groups excluding carboxylic acids is 2.